The predicted molar refractivity (Wildman–Crippen MR) is 70.1 cm³/mol. The van der Waals surface area contributed by atoms with Crippen LogP contribution in [0.3, 0.4) is 0 Å². The fraction of sp³-hybridized carbons (Fsp3) is 0.538. The molecule has 0 aliphatic carbocycles. The van der Waals surface area contributed by atoms with E-state index in [0.717, 1.165) is 31.6 Å². The number of carbonyl (C=O) groups is 1. The molecule has 2 aliphatic rings. The molecule has 0 bridgehead atoms. The third-order valence-corrected chi connectivity index (χ3v) is 3.95. The van der Waals surface area contributed by atoms with Crippen LogP contribution in [0.1, 0.15) is 19.3 Å². The summed E-state index contributed by atoms with van der Waals surface area (Å²) in [5.41, 5.74) is 6.86. The number of anilines is 2. The van der Waals surface area contributed by atoms with Crippen LogP contribution in [-0.2, 0) is 4.79 Å². The number of rotatable bonds is 1. The number of amides is 1. The SMILES string of the molecule is Nc1cc(N2CCC3NC(=O)CCC3C2)ccn1. The first-order valence-corrected chi connectivity index (χ1v) is 6.48. The van der Waals surface area contributed by atoms with E-state index in [1.54, 1.807) is 6.20 Å². The lowest BCUT2D eigenvalue weighted by Gasteiger charge is -2.42. The summed E-state index contributed by atoms with van der Waals surface area (Å²) >= 11 is 0. The van der Waals surface area contributed by atoms with Crippen LogP contribution in [0.15, 0.2) is 18.3 Å². The van der Waals surface area contributed by atoms with Crippen molar-refractivity contribution in [3.63, 3.8) is 0 Å². The minimum absolute atomic E-state index is 0.206. The Morgan fingerprint density at radius 3 is 3.17 bits per heavy atom. The van der Waals surface area contributed by atoms with Crippen LogP contribution < -0.4 is 16.0 Å². The van der Waals surface area contributed by atoms with E-state index in [0.29, 0.717) is 24.2 Å². The molecule has 1 aromatic rings. The Morgan fingerprint density at radius 2 is 2.33 bits per heavy atom. The van der Waals surface area contributed by atoms with Crippen molar-refractivity contribution in [3.8, 4) is 0 Å². The Bertz CT molecular complexity index is 462. The summed E-state index contributed by atoms with van der Waals surface area (Å²) < 4.78 is 0. The number of piperidine rings is 2. The van der Waals surface area contributed by atoms with Gasteiger partial charge in [0.25, 0.3) is 0 Å². The molecule has 3 N–H and O–H groups in total. The van der Waals surface area contributed by atoms with Crippen molar-refractivity contribution in [3.05, 3.63) is 18.3 Å². The molecule has 2 unspecified atom stereocenters. The number of carbonyl (C=O) groups excluding carboxylic acids is 1. The lowest BCUT2D eigenvalue weighted by molar-refractivity contribution is -0.124. The van der Waals surface area contributed by atoms with E-state index in [9.17, 15) is 4.79 Å². The first-order chi connectivity index (χ1) is 8.72. The van der Waals surface area contributed by atoms with Crippen molar-refractivity contribution in [1.82, 2.24) is 10.3 Å². The molecule has 2 aliphatic heterocycles. The number of hydrogen-bond donors (Lipinski definition) is 2. The van der Waals surface area contributed by atoms with Gasteiger partial charge < -0.3 is 16.0 Å². The van der Waals surface area contributed by atoms with Gasteiger partial charge in [0.15, 0.2) is 0 Å². The van der Waals surface area contributed by atoms with E-state index >= 15 is 0 Å². The second kappa shape index (κ2) is 4.48. The van der Waals surface area contributed by atoms with Gasteiger partial charge in [-0.2, -0.15) is 0 Å². The molecule has 96 valence electrons. The summed E-state index contributed by atoms with van der Waals surface area (Å²) in [7, 11) is 0. The second-order valence-electron chi connectivity index (χ2n) is 5.15. The van der Waals surface area contributed by atoms with E-state index < -0.39 is 0 Å². The van der Waals surface area contributed by atoms with Crippen molar-refractivity contribution in [2.75, 3.05) is 23.7 Å². The van der Waals surface area contributed by atoms with Gasteiger partial charge in [-0.25, -0.2) is 4.98 Å². The van der Waals surface area contributed by atoms with Gasteiger partial charge >= 0.3 is 0 Å². The van der Waals surface area contributed by atoms with Gasteiger partial charge in [0.05, 0.1) is 0 Å². The van der Waals surface area contributed by atoms with Crippen LogP contribution in [0.4, 0.5) is 11.5 Å². The van der Waals surface area contributed by atoms with E-state index in [2.05, 4.69) is 15.2 Å². The zero-order chi connectivity index (χ0) is 12.5. The zero-order valence-electron chi connectivity index (χ0n) is 10.3. The highest BCUT2D eigenvalue weighted by atomic mass is 16.1. The van der Waals surface area contributed by atoms with Crippen LogP contribution in [0.5, 0.6) is 0 Å². The number of aromatic nitrogens is 1. The maximum atomic E-state index is 11.4. The number of pyridine rings is 1. The largest absolute Gasteiger partial charge is 0.384 e. The van der Waals surface area contributed by atoms with Gasteiger partial charge in [0.2, 0.25) is 5.91 Å². The summed E-state index contributed by atoms with van der Waals surface area (Å²) in [5.74, 6) is 1.33. The summed E-state index contributed by atoms with van der Waals surface area (Å²) in [6.45, 7) is 1.96. The molecular formula is C13H18N4O. The number of fused-ring (bicyclic) bond motifs is 1. The first-order valence-electron chi connectivity index (χ1n) is 6.48. The van der Waals surface area contributed by atoms with Gasteiger partial charge in [-0.1, -0.05) is 0 Å². The van der Waals surface area contributed by atoms with Gasteiger partial charge in [-0.3, -0.25) is 4.79 Å². The molecule has 0 saturated carbocycles. The van der Waals surface area contributed by atoms with E-state index in [1.165, 1.54) is 0 Å². The van der Waals surface area contributed by atoms with E-state index in [4.69, 9.17) is 5.73 Å². The van der Waals surface area contributed by atoms with Crippen molar-refractivity contribution in [1.29, 1.82) is 0 Å². The second-order valence-corrected chi connectivity index (χ2v) is 5.15. The highest BCUT2D eigenvalue weighted by Crippen LogP contribution is 2.28. The Labute approximate surface area is 106 Å². The molecule has 18 heavy (non-hydrogen) atoms. The first kappa shape index (κ1) is 11.3. The van der Waals surface area contributed by atoms with Crippen molar-refractivity contribution in [2.45, 2.75) is 25.3 Å². The number of nitrogen functional groups attached to an aromatic ring is 1. The number of nitrogens with two attached hydrogens (primary N) is 1. The lowest BCUT2D eigenvalue weighted by Crippen LogP contribution is -2.54. The highest BCUT2D eigenvalue weighted by Gasteiger charge is 2.33. The summed E-state index contributed by atoms with van der Waals surface area (Å²) in [4.78, 5) is 17.7. The van der Waals surface area contributed by atoms with Gasteiger partial charge in [0.1, 0.15) is 5.82 Å². The molecule has 2 saturated heterocycles. The van der Waals surface area contributed by atoms with Crippen molar-refractivity contribution in [2.24, 2.45) is 5.92 Å². The molecule has 2 atom stereocenters. The lowest BCUT2D eigenvalue weighted by atomic mass is 9.85. The molecule has 3 rings (SSSR count). The van der Waals surface area contributed by atoms with Crippen LogP contribution in [0.2, 0.25) is 0 Å². The molecule has 0 radical (unpaired) electrons. The Balaban J connectivity index is 1.72. The fourth-order valence-electron chi connectivity index (χ4n) is 2.98. The normalized spacial score (nSPS) is 27.6. The van der Waals surface area contributed by atoms with E-state index in [1.807, 2.05) is 12.1 Å². The molecule has 5 heteroatoms. The molecule has 1 aromatic heterocycles. The Hall–Kier alpha value is -1.78. The maximum Gasteiger partial charge on any atom is 0.220 e. The van der Waals surface area contributed by atoms with Crippen LogP contribution in [0, 0.1) is 5.92 Å². The minimum Gasteiger partial charge on any atom is -0.384 e. The zero-order valence-corrected chi connectivity index (χ0v) is 10.3. The molecule has 0 spiro atoms. The average Bonchev–Trinajstić information content (AvgIpc) is 2.38. The quantitative estimate of drug-likeness (QED) is 0.767. The third kappa shape index (κ3) is 2.12. The average molecular weight is 246 g/mol. The Kier molecular flexibility index (Phi) is 2.81. The molecule has 1 amide bonds. The van der Waals surface area contributed by atoms with Crippen molar-refractivity contribution >= 4 is 17.4 Å². The molecular weight excluding hydrogens is 228 g/mol. The fourth-order valence-corrected chi connectivity index (χ4v) is 2.98. The maximum absolute atomic E-state index is 11.4. The van der Waals surface area contributed by atoms with Gasteiger partial charge in [0, 0.05) is 43.5 Å². The summed E-state index contributed by atoms with van der Waals surface area (Å²) in [6, 6.07) is 4.28. The van der Waals surface area contributed by atoms with Crippen molar-refractivity contribution < 1.29 is 4.79 Å². The third-order valence-electron chi connectivity index (χ3n) is 3.95. The van der Waals surface area contributed by atoms with Gasteiger partial charge in [-0.15, -0.1) is 0 Å². The topological polar surface area (TPSA) is 71.2 Å². The molecule has 2 fully saturated rings. The van der Waals surface area contributed by atoms with Crippen LogP contribution >= 0.6 is 0 Å². The monoisotopic (exact) mass is 246 g/mol. The number of nitrogens with zero attached hydrogens (tertiary/aromatic N) is 2. The standard InChI is InChI=1S/C13H18N4O/c14-12-7-10(3-5-15-12)17-6-4-11-9(8-17)1-2-13(18)16-11/h3,5,7,9,11H,1-2,4,6,8H2,(H2,14,15)(H,16,18). The molecule has 5 nitrogen and oxygen atoms in total. The predicted octanol–water partition coefficient (Wildman–Crippen LogP) is 0.769. The molecule has 3 heterocycles. The Morgan fingerprint density at radius 1 is 1.44 bits per heavy atom. The minimum atomic E-state index is 0.206. The van der Waals surface area contributed by atoms with Crippen LogP contribution in [0.25, 0.3) is 0 Å². The smallest absolute Gasteiger partial charge is 0.220 e. The summed E-state index contributed by atoms with van der Waals surface area (Å²) in [5, 5.41) is 3.10. The molecule has 0 aromatic carbocycles. The highest BCUT2D eigenvalue weighted by molar-refractivity contribution is 5.77. The number of nitrogens with one attached hydrogen (secondary N) is 1. The van der Waals surface area contributed by atoms with Gasteiger partial charge in [-0.05, 0) is 24.8 Å². The summed E-state index contributed by atoms with van der Waals surface area (Å²) in [6.07, 6.45) is 4.42. The number of hydrogen-bond acceptors (Lipinski definition) is 4. The van der Waals surface area contributed by atoms with Crippen LogP contribution in [-0.4, -0.2) is 30.0 Å². The van der Waals surface area contributed by atoms with E-state index in [-0.39, 0.29) is 5.91 Å².